The molecule has 6 nitrogen and oxygen atoms in total. The molecule has 4 aromatic rings. The van der Waals surface area contributed by atoms with Crippen molar-refractivity contribution in [2.24, 2.45) is 5.10 Å². The summed E-state index contributed by atoms with van der Waals surface area (Å²) in [7, 11) is 0. The Morgan fingerprint density at radius 2 is 1.65 bits per heavy atom. The highest BCUT2D eigenvalue weighted by Crippen LogP contribution is 2.27. The van der Waals surface area contributed by atoms with Crippen LogP contribution in [0.25, 0.3) is 17.1 Å². The maximum atomic E-state index is 13.6. The first kappa shape index (κ1) is 20.5. The third-order valence-electron chi connectivity index (χ3n) is 4.31. The van der Waals surface area contributed by atoms with Gasteiger partial charge in [0.15, 0.2) is 11.0 Å². The van der Waals surface area contributed by atoms with E-state index in [-0.39, 0.29) is 11.7 Å². The van der Waals surface area contributed by atoms with E-state index in [1.807, 2.05) is 65.2 Å². The van der Waals surface area contributed by atoms with Crippen molar-refractivity contribution in [3.8, 4) is 17.1 Å². The van der Waals surface area contributed by atoms with Crippen molar-refractivity contribution in [1.82, 2.24) is 20.2 Å². The molecule has 0 radical (unpaired) electrons. The van der Waals surface area contributed by atoms with E-state index < -0.39 is 5.82 Å². The predicted octanol–water partition coefficient (Wildman–Crippen LogP) is 4.32. The summed E-state index contributed by atoms with van der Waals surface area (Å²) in [6.45, 7) is 0. The van der Waals surface area contributed by atoms with Crippen molar-refractivity contribution in [2.45, 2.75) is 5.16 Å². The van der Waals surface area contributed by atoms with E-state index in [9.17, 15) is 9.18 Å². The van der Waals surface area contributed by atoms with Crippen LogP contribution in [0.15, 0.2) is 95.2 Å². The van der Waals surface area contributed by atoms with E-state index >= 15 is 0 Å². The first-order valence-electron chi connectivity index (χ1n) is 9.48. The van der Waals surface area contributed by atoms with Crippen LogP contribution < -0.4 is 5.43 Å². The first-order chi connectivity index (χ1) is 15.2. The number of hydrazone groups is 1. The molecule has 0 atom stereocenters. The Hall–Kier alpha value is -3.78. The van der Waals surface area contributed by atoms with Crippen LogP contribution in [0.5, 0.6) is 0 Å². The molecule has 0 aliphatic heterocycles. The van der Waals surface area contributed by atoms with Crippen molar-refractivity contribution >= 4 is 23.9 Å². The number of benzene rings is 3. The topological polar surface area (TPSA) is 72.2 Å². The van der Waals surface area contributed by atoms with Gasteiger partial charge in [0.25, 0.3) is 5.91 Å². The maximum absolute atomic E-state index is 13.6. The monoisotopic (exact) mass is 431 g/mol. The summed E-state index contributed by atoms with van der Waals surface area (Å²) < 4.78 is 15.5. The molecule has 31 heavy (non-hydrogen) atoms. The summed E-state index contributed by atoms with van der Waals surface area (Å²) in [4.78, 5) is 12.2. The van der Waals surface area contributed by atoms with Gasteiger partial charge in [-0.05, 0) is 18.2 Å². The van der Waals surface area contributed by atoms with Gasteiger partial charge in [-0.1, -0.05) is 78.5 Å². The molecule has 1 heterocycles. The Morgan fingerprint density at radius 3 is 2.39 bits per heavy atom. The number of aromatic nitrogens is 3. The Kier molecular flexibility index (Phi) is 6.49. The molecule has 8 heteroatoms. The van der Waals surface area contributed by atoms with Crippen molar-refractivity contribution in [2.75, 3.05) is 5.75 Å². The summed E-state index contributed by atoms with van der Waals surface area (Å²) in [5, 5.41) is 13.0. The van der Waals surface area contributed by atoms with Gasteiger partial charge in [0, 0.05) is 16.8 Å². The molecule has 0 unspecified atom stereocenters. The van der Waals surface area contributed by atoms with Crippen LogP contribution in [-0.4, -0.2) is 32.6 Å². The zero-order chi connectivity index (χ0) is 21.5. The number of thioether (sulfide) groups is 1. The Morgan fingerprint density at radius 1 is 0.968 bits per heavy atom. The van der Waals surface area contributed by atoms with Crippen LogP contribution in [0.1, 0.15) is 5.56 Å². The van der Waals surface area contributed by atoms with Crippen molar-refractivity contribution in [3.05, 3.63) is 96.3 Å². The lowest BCUT2D eigenvalue weighted by molar-refractivity contribution is -0.118. The summed E-state index contributed by atoms with van der Waals surface area (Å²) in [6, 6.07) is 25.6. The molecule has 0 aliphatic carbocycles. The van der Waals surface area contributed by atoms with Crippen LogP contribution in [-0.2, 0) is 4.79 Å². The summed E-state index contributed by atoms with van der Waals surface area (Å²) in [5.74, 6) is 0.0296. The molecule has 154 valence electrons. The smallest absolute Gasteiger partial charge is 0.250 e. The van der Waals surface area contributed by atoms with Gasteiger partial charge in [0.2, 0.25) is 0 Å². The number of hydrogen-bond acceptors (Lipinski definition) is 5. The van der Waals surface area contributed by atoms with E-state index in [1.165, 1.54) is 24.0 Å². The van der Waals surface area contributed by atoms with Crippen molar-refractivity contribution in [3.63, 3.8) is 0 Å². The molecule has 0 aliphatic rings. The minimum Gasteiger partial charge on any atom is -0.272 e. The lowest BCUT2D eigenvalue weighted by atomic mass is 10.2. The van der Waals surface area contributed by atoms with Crippen LogP contribution >= 0.6 is 11.8 Å². The molecule has 3 aromatic carbocycles. The standard InChI is InChI=1S/C23H18FN5OS/c24-20-14-8-7-11-18(20)15-25-26-21(30)16-31-23-28-27-22(17-9-3-1-4-10-17)29(23)19-12-5-2-6-13-19/h1-15H,16H2,(H,26,30)/b25-15-. The van der Waals surface area contributed by atoms with Gasteiger partial charge < -0.3 is 0 Å². The van der Waals surface area contributed by atoms with Crippen LogP contribution in [0.4, 0.5) is 4.39 Å². The lowest BCUT2D eigenvalue weighted by Crippen LogP contribution is -2.20. The number of carbonyl (C=O) groups excluding carboxylic acids is 1. The number of para-hydroxylation sites is 1. The van der Waals surface area contributed by atoms with Gasteiger partial charge in [-0.3, -0.25) is 9.36 Å². The fourth-order valence-electron chi connectivity index (χ4n) is 2.86. The largest absolute Gasteiger partial charge is 0.272 e. The number of rotatable bonds is 7. The average molecular weight is 431 g/mol. The highest BCUT2D eigenvalue weighted by molar-refractivity contribution is 7.99. The number of halogens is 1. The highest BCUT2D eigenvalue weighted by Gasteiger charge is 2.17. The Balaban J connectivity index is 1.49. The number of nitrogens with one attached hydrogen (secondary N) is 1. The molecule has 0 spiro atoms. The van der Waals surface area contributed by atoms with Gasteiger partial charge in [0.05, 0.1) is 12.0 Å². The molecule has 1 N–H and O–H groups in total. The second kappa shape index (κ2) is 9.82. The number of carbonyl (C=O) groups is 1. The zero-order valence-electron chi connectivity index (χ0n) is 16.4. The van der Waals surface area contributed by atoms with Crippen LogP contribution in [0.2, 0.25) is 0 Å². The lowest BCUT2D eigenvalue weighted by Gasteiger charge is -2.10. The molecule has 1 aromatic heterocycles. The third-order valence-corrected chi connectivity index (χ3v) is 5.24. The molecule has 0 saturated carbocycles. The fraction of sp³-hybridized carbons (Fsp3) is 0.0435. The number of amides is 1. The molecule has 0 saturated heterocycles. The predicted molar refractivity (Wildman–Crippen MR) is 120 cm³/mol. The third kappa shape index (κ3) is 5.04. The van der Waals surface area contributed by atoms with Gasteiger partial charge >= 0.3 is 0 Å². The van der Waals surface area contributed by atoms with Crippen molar-refractivity contribution < 1.29 is 9.18 Å². The van der Waals surface area contributed by atoms with Crippen LogP contribution in [0.3, 0.4) is 0 Å². The summed E-state index contributed by atoms with van der Waals surface area (Å²) >= 11 is 1.24. The molecule has 0 bridgehead atoms. The van der Waals surface area contributed by atoms with E-state index in [2.05, 4.69) is 20.7 Å². The minimum atomic E-state index is -0.403. The molecular weight excluding hydrogens is 413 g/mol. The highest BCUT2D eigenvalue weighted by atomic mass is 32.2. The molecule has 0 fully saturated rings. The average Bonchev–Trinajstić information content (AvgIpc) is 3.24. The quantitative estimate of drug-likeness (QED) is 0.269. The van der Waals surface area contributed by atoms with E-state index in [1.54, 1.807) is 18.2 Å². The number of nitrogens with zero attached hydrogens (tertiary/aromatic N) is 4. The van der Waals surface area contributed by atoms with E-state index in [0.717, 1.165) is 11.3 Å². The van der Waals surface area contributed by atoms with E-state index in [0.29, 0.717) is 16.5 Å². The Labute approximate surface area is 182 Å². The van der Waals surface area contributed by atoms with E-state index in [4.69, 9.17) is 0 Å². The van der Waals surface area contributed by atoms with Crippen LogP contribution in [0, 0.1) is 5.82 Å². The summed E-state index contributed by atoms with van der Waals surface area (Å²) in [6.07, 6.45) is 1.28. The van der Waals surface area contributed by atoms with Gasteiger partial charge in [-0.25, -0.2) is 9.82 Å². The summed E-state index contributed by atoms with van der Waals surface area (Å²) in [5.41, 5.74) is 4.53. The Bertz CT molecular complexity index is 1200. The number of hydrogen-bond donors (Lipinski definition) is 1. The second-order valence-electron chi connectivity index (χ2n) is 6.45. The SMILES string of the molecule is O=C(CSc1nnc(-c2ccccc2)n1-c1ccccc1)N/N=C\c1ccccc1F. The van der Waals surface area contributed by atoms with Gasteiger partial charge in [-0.15, -0.1) is 10.2 Å². The molecule has 4 rings (SSSR count). The molecular formula is C23H18FN5OS. The zero-order valence-corrected chi connectivity index (χ0v) is 17.2. The second-order valence-corrected chi connectivity index (χ2v) is 7.39. The van der Waals surface area contributed by atoms with Gasteiger partial charge in [-0.2, -0.15) is 5.10 Å². The first-order valence-corrected chi connectivity index (χ1v) is 10.5. The molecule has 1 amide bonds. The normalized spacial score (nSPS) is 11.0. The van der Waals surface area contributed by atoms with Gasteiger partial charge in [0.1, 0.15) is 5.82 Å². The minimum absolute atomic E-state index is 0.0777. The fourth-order valence-corrected chi connectivity index (χ4v) is 3.61. The van der Waals surface area contributed by atoms with Crippen molar-refractivity contribution in [1.29, 1.82) is 0 Å². The maximum Gasteiger partial charge on any atom is 0.250 e.